The molecule has 0 saturated carbocycles. The molecule has 0 fully saturated rings. The Balaban J connectivity index is 2.10. The molecule has 0 N–H and O–H groups in total. The van der Waals surface area contributed by atoms with Crippen LogP contribution in [0.15, 0.2) is 42.7 Å². The number of aldehydes is 1. The first-order chi connectivity index (χ1) is 10.0. The number of carbonyl (C=O) groups excluding carboxylic acids is 1. The summed E-state index contributed by atoms with van der Waals surface area (Å²) in [4.78, 5) is 14.5. The molecule has 1 aromatic heterocycles. The van der Waals surface area contributed by atoms with Gasteiger partial charge < -0.3 is 4.74 Å². The minimum atomic E-state index is -4.57. The number of aromatic nitrogens is 1. The Labute approximate surface area is 119 Å². The summed E-state index contributed by atoms with van der Waals surface area (Å²) in [5, 5.41) is 0. The summed E-state index contributed by atoms with van der Waals surface area (Å²) < 4.78 is 43.9. The number of rotatable bonds is 5. The first kappa shape index (κ1) is 15.0. The number of ether oxygens (including phenoxy) is 1. The van der Waals surface area contributed by atoms with E-state index in [0.717, 1.165) is 17.7 Å². The van der Waals surface area contributed by atoms with Crippen molar-refractivity contribution in [2.75, 3.05) is 6.61 Å². The lowest BCUT2D eigenvalue weighted by Gasteiger charge is -2.14. The van der Waals surface area contributed by atoms with Crippen LogP contribution in [0.2, 0.25) is 0 Å². The van der Waals surface area contributed by atoms with Crippen molar-refractivity contribution in [2.45, 2.75) is 12.6 Å². The number of halogens is 3. The second kappa shape index (κ2) is 6.39. The van der Waals surface area contributed by atoms with Crippen molar-refractivity contribution in [3.8, 4) is 5.75 Å². The van der Waals surface area contributed by atoms with E-state index in [-0.39, 0.29) is 17.9 Å². The molecule has 6 heteroatoms. The van der Waals surface area contributed by atoms with E-state index >= 15 is 0 Å². The van der Waals surface area contributed by atoms with E-state index < -0.39 is 11.7 Å². The maximum atomic E-state index is 12.9. The maximum absolute atomic E-state index is 12.9. The van der Waals surface area contributed by atoms with Crippen molar-refractivity contribution >= 4 is 6.29 Å². The molecule has 1 heterocycles. The molecular weight excluding hydrogens is 283 g/mol. The summed E-state index contributed by atoms with van der Waals surface area (Å²) in [5.74, 6) is -0.281. The van der Waals surface area contributed by atoms with Crippen molar-refractivity contribution in [3.63, 3.8) is 0 Å². The summed E-state index contributed by atoms with van der Waals surface area (Å²) >= 11 is 0. The molecule has 110 valence electrons. The topological polar surface area (TPSA) is 39.2 Å². The molecule has 2 rings (SSSR count). The normalized spacial score (nSPS) is 11.2. The average Bonchev–Trinajstić information content (AvgIpc) is 2.47. The molecule has 0 aliphatic heterocycles. The molecule has 0 amide bonds. The lowest BCUT2D eigenvalue weighted by molar-refractivity contribution is -0.138. The van der Waals surface area contributed by atoms with Gasteiger partial charge in [0.2, 0.25) is 0 Å². The highest BCUT2D eigenvalue weighted by atomic mass is 19.4. The number of alkyl halides is 3. The zero-order valence-corrected chi connectivity index (χ0v) is 10.9. The van der Waals surface area contributed by atoms with Gasteiger partial charge in [-0.25, -0.2) is 0 Å². The largest absolute Gasteiger partial charge is 0.493 e. The van der Waals surface area contributed by atoms with Crippen LogP contribution < -0.4 is 4.74 Å². The third kappa shape index (κ3) is 4.05. The third-order valence-electron chi connectivity index (χ3n) is 2.82. The quantitative estimate of drug-likeness (QED) is 0.792. The monoisotopic (exact) mass is 295 g/mol. The number of hydrogen-bond acceptors (Lipinski definition) is 3. The van der Waals surface area contributed by atoms with Crippen LogP contribution in [0.3, 0.4) is 0 Å². The zero-order valence-electron chi connectivity index (χ0n) is 10.9. The minimum Gasteiger partial charge on any atom is -0.493 e. The Hall–Kier alpha value is -2.37. The van der Waals surface area contributed by atoms with Gasteiger partial charge in [-0.15, -0.1) is 0 Å². The highest BCUT2D eigenvalue weighted by molar-refractivity contribution is 5.75. The molecule has 0 spiro atoms. The lowest BCUT2D eigenvalue weighted by atomic mass is 10.1. The van der Waals surface area contributed by atoms with E-state index in [0.29, 0.717) is 12.7 Å². The number of benzene rings is 1. The Morgan fingerprint density at radius 1 is 1.24 bits per heavy atom. The molecule has 21 heavy (non-hydrogen) atoms. The summed E-state index contributed by atoms with van der Waals surface area (Å²) in [6.07, 6.45) is -0.508. The van der Waals surface area contributed by atoms with E-state index in [4.69, 9.17) is 4.74 Å². The molecule has 0 aliphatic rings. The highest BCUT2D eigenvalue weighted by Crippen LogP contribution is 2.36. The standard InChI is InChI=1S/C15H12F3NO2/c16-15(17,18)13-8-12(10-20)3-4-14(13)21-7-5-11-2-1-6-19-9-11/h1-4,6,8-10H,5,7H2. The van der Waals surface area contributed by atoms with Crippen molar-refractivity contribution in [1.82, 2.24) is 4.98 Å². The van der Waals surface area contributed by atoms with Crippen molar-refractivity contribution < 1.29 is 22.7 Å². The fraction of sp³-hybridized carbons (Fsp3) is 0.200. The molecule has 3 nitrogen and oxygen atoms in total. The van der Waals surface area contributed by atoms with E-state index in [9.17, 15) is 18.0 Å². The maximum Gasteiger partial charge on any atom is 0.419 e. The SMILES string of the molecule is O=Cc1ccc(OCCc2cccnc2)c(C(F)(F)F)c1. The summed E-state index contributed by atoms with van der Waals surface area (Å²) in [7, 11) is 0. The molecule has 2 aromatic rings. The summed E-state index contributed by atoms with van der Waals surface area (Å²) in [5.41, 5.74) is -0.115. The van der Waals surface area contributed by atoms with Gasteiger partial charge in [-0.2, -0.15) is 13.2 Å². The van der Waals surface area contributed by atoms with Gasteiger partial charge >= 0.3 is 6.18 Å². The Morgan fingerprint density at radius 2 is 2.05 bits per heavy atom. The van der Waals surface area contributed by atoms with Crippen LogP contribution in [0, 0.1) is 0 Å². The van der Waals surface area contributed by atoms with Gasteiger partial charge in [-0.1, -0.05) is 6.07 Å². The van der Waals surface area contributed by atoms with Gasteiger partial charge in [0.25, 0.3) is 0 Å². The van der Waals surface area contributed by atoms with Gasteiger partial charge in [-0.3, -0.25) is 9.78 Å². The van der Waals surface area contributed by atoms with Crippen LogP contribution in [0.1, 0.15) is 21.5 Å². The molecular formula is C15H12F3NO2. The fourth-order valence-electron chi connectivity index (χ4n) is 1.79. The molecule has 0 atom stereocenters. The van der Waals surface area contributed by atoms with Gasteiger partial charge in [0, 0.05) is 24.4 Å². The summed E-state index contributed by atoms with van der Waals surface area (Å²) in [6.45, 7) is 0.0925. The van der Waals surface area contributed by atoms with E-state index in [1.54, 1.807) is 18.5 Å². The molecule has 0 aliphatic carbocycles. The number of pyridine rings is 1. The van der Waals surface area contributed by atoms with E-state index in [1.165, 1.54) is 6.07 Å². The van der Waals surface area contributed by atoms with Crippen molar-refractivity contribution in [3.05, 3.63) is 59.4 Å². The van der Waals surface area contributed by atoms with Crippen LogP contribution in [0.5, 0.6) is 5.75 Å². The van der Waals surface area contributed by atoms with E-state index in [1.807, 2.05) is 6.07 Å². The molecule has 0 radical (unpaired) electrons. The predicted molar refractivity (Wildman–Crippen MR) is 70.3 cm³/mol. The van der Waals surface area contributed by atoms with Gasteiger partial charge in [0.05, 0.1) is 12.2 Å². The predicted octanol–water partition coefficient (Wildman–Crippen LogP) is 3.53. The molecule has 1 aromatic carbocycles. The number of carbonyl (C=O) groups is 1. The fourth-order valence-corrected chi connectivity index (χ4v) is 1.79. The highest BCUT2D eigenvalue weighted by Gasteiger charge is 2.34. The average molecular weight is 295 g/mol. The summed E-state index contributed by atoms with van der Waals surface area (Å²) in [6, 6.07) is 6.80. The lowest BCUT2D eigenvalue weighted by Crippen LogP contribution is -2.11. The second-order valence-electron chi connectivity index (χ2n) is 4.33. The zero-order chi connectivity index (χ0) is 15.3. The van der Waals surface area contributed by atoms with Crippen LogP contribution in [-0.2, 0) is 12.6 Å². The molecule has 0 bridgehead atoms. The van der Waals surface area contributed by atoms with Gasteiger partial charge in [0.15, 0.2) is 0 Å². The van der Waals surface area contributed by atoms with Gasteiger partial charge in [0.1, 0.15) is 12.0 Å². The molecule has 0 unspecified atom stereocenters. The van der Waals surface area contributed by atoms with Gasteiger partial charge in [-0.05, 0) is 29.8 Å². The number of nitrogens with zero attached hydrogens (tertiary/aromatic N) is 1. The first-order valence-electron chi connectivity index (χ1n) is 6.19. The van der Waals surface area contributed by atoms with Crippen molar-refractivity contribution in [2.24, 2.45) is 0 Å². The Morgan fingerprint density at radius 3 is 2.67 bits per heavy atom. The van der Waals surface area contributed by atoms with Crippen LogP contribution in [0.4, 0.5) is 13.2 Å². The smallest absolute Gasteiger partial charge is 0.419 e. The van der Waals surface area contributed by atoms with Crippen molar-refractivity contribution in [1.29, 1.82) is 0 Å². The molecule has 0 saturated heterocycles. The Kier molecular flexibility index (Phi) is 4.57. The third-order valence-corrected chi connectivity index (χ3v) is 2.82. The number of hydrogen-bond donors (Lipinski definition) is 0. The van der Waals surface area contributed by atoms with E-state index in [2.05, 4.69) is 4.98 Å². The van der Waals surface area contributed by atoms with Crippen LogP contribution in [0.25, 0.3) is 0 Å². The second-order valence-corrected chi connectivity index (χ2v) is 4.33. The van der Waals surface area contributed by atoms with Crippen LogP contribution in [-0.4, -0.2) is 17.9 Å². The first-order valence-corrected chi connectivity index (χ1v) is 6.19. The Bertz CT molecular complexity index is 612. The van der Waals surface area contributed by atoms with Crippen LogP contribution >= 0.6 is 0 Å². The minimum absolute atomic E-state index is 0.0399.